The van der Waals surface area contributed by atoms with Crippen LogP contribution in [-0.2, 0) is 11.2 Å². The third kappa shape index (κ3) is 3.19. The van der Waals surface area contributed by atoms with E-state index in [0.717, 1.165) is 16.5 Å². The Morgan fingerprint density at radius 3 is 2.53 bits per heavy atom. The quantitative estimate of drug-likeness (QED) is 0.852. The number of carbonyl (C=O) groups excluding carboxylic acids is 1. The van der Waals surface area contributed by atoms with Crippen molar-refractivity contribution < 1.29 is 4.79 Å². The Hall–Kier alpha value is -1.57. The van der Waals surface area contributed by atoms with Gasteiger partial charge in [-0.15, -0.1) is 0 Å². The lowest BCUT2D eigenvalue weighted by Gasteiger charge is -2.02. The number of ketones is 1. The Kier molecular flexibility index (Phi) is 4.95. The van der Waals surface area contributed by atoms with Crippen LogP contribution in [0.1, 0.15) is 33.3 Å². The molecule has 0 amide bonds. The van der Waals surface area contributed by atoms with Crippen LogP contribution in [0.4, 0.5) is 0 Å². The summed E-state index contributed by atoms with van der Waals surface area (Å²) in [5, 5.41) is 1.16. The van der Waals surface area contributed by atoms with Gasteiger partial charge in [0.05, 0.1) is 0 Å². The summed E-state index contributed by atoms with van der Waals surface area (Å²) in [6, 6.07) is 8.07. The molecule has 1 N–H and O–H groups in total. The Morgan fingerprint density at radius 1 is 1.24 bits per heavy atom. The van der Waals surface area contributed by atoms with Gasteiger partial charge in [0.2, 0.25) is 0 Å². The van der Waals surface area contributed by atoms with Crippen molar-refractivity contribution in [3.05, 3.63) is 36.0 Å². The highest BCUT2D eigenvalue weighted by molar-refractivity contribution is 5.90. The van der Waals surface area contributed by atoms with Crippen LogP contribution in [0.15, 0.2) is 30.5 Å². The first-order chi connectivity index (χ1) is 8.18. The van der Waals surface area contributed by atoms with Crippen molar-refractivity contribution in [1.29, 1.82) is 0 Å². The molecule has 17 heavy (non-hydrogen) atoms. The summed E-state index contributed by atoms with van der Waals surface area (Å²) in [5.74, 6) is 0.401. The van der Waals surface area contributed by atoms with Gasteiger partial charge < -0.3 is 4.98 Å². The lowest BCUT2D eigenvalue weighted by Crippen LogP contribution is -2.09. The molecule has 0 aliphatic rings. The highest BCUT2D eigenvalue weighted by Crippen LogP contribution is 2.19. The van der Waals surface area contributed by atoms with E-state index in [0.29, 0.717) is 12.2 Å². The van der Waals surface area contributed by atoms with Gasteiger partial charge in [-0.2, -0.15) is 0 Å². The fraction of sp³-hybridized carbons (Fsp3) is 0.400. The Labute approximate surface area is 103 Å². The van der Waals surface area contributed by atoms with Crippen molar-refractivity contribution in [3.63, 3.8) is 0 Å². The number of hydrogen-bond donors (Lipinski definition) is 1. The van der Waals surface area contributed by atoms with Gasteiger partial charge in [0, 0.05) is 29.4 Å². The number of carbonyl (C=O) groups is 1. The molecule has 92 valence electrons. The van der Waals surface area contributed by atoms with Gasteiger partial charge in [-0.05, 0) is 11.6 Å². The van der Waals surface area contributed by atoms with Gasteiger partial charge in [-0.25, -0.2) is 0 Å². The van der Waals surface area contributed by atoms with Crippen LogP contribution in [0.25, 0.3) is 10.9 Å². The maximum absolute atomic E-state index is 11.6. The molecule has 0 aliphatic carbocycles. The molecular weight excluding hydrogens is 210 g/mol. The van der Waals surface area contributed by atoms with Crippen LogP contribution in [0.2, 0.25) is 0 Å². The molecule has 1 heterocycles. The molecule has 2 rings (SSSR count). The minimum Gasteiger partial charge on any atom is -0.361 e. The third-order valence-electron chi connectivity index (χ3n) is 2.68. The summed E-state index contributed by atoms with van der Waals surface area (Å²) >= 11 is 0. The number of rotatable bonds is 3. The van der Waals surface area contributed by atoms with Crippen molar-refractivity contribution in [1.82, 2.24) is 4.98 Å². The van der Waals surface area contributed by atoms with Crippen molar-refractivity contribution in [2.24, 2.45) is 5.92 Å². The van der Waals surface area contributed by atoms with Gasteiger partial charge in [0.1, 0.15) is 5.78 Å². The third-order valence-corrected chi connectivity index (χ3v) is 2.68. The maximum atomic E-state index is 11.6. The molecule has 0 spiro atoms. The van der Waals surface area contributed by atoms with Crippen LogP contribution < -0.4 is 0 Å². The van der Waals surface area contributed by atoms with Gasteiger partial charge in [-0.1, -0.05) is 45.9 Å². The van der Waals surface area contributed by atoms with Crippen molar-refractivity contribution in [3.8, 4) is 0 Å². The Morgan fingerprint density at radius 2 is 1.88 bits per heavy atom. The van der Waals surface area contributed by atoms with Crippen LogP contribution in [0.5, 0.6) is 0 Å². The molecule has 2 nitrogen and oxygen atoms in total. The molecule has 0 atom stereocenters. The minimum atomic E-state index is 0.110. The molecule has 0 unspecified atom stereocenters. The molecule has 1 aromatic heterocycles. The second kappa shape index (κ2) is 6.24. The van der Waals surface area contributed by atoms with Crippen molar-refractivity contribution >= 4 is 16.7 Å². The zero-order valence-electron chi connectivity index (χ0n) is 11.1. The van der Waals surface area contributed by atoms with E-state index in [2.05, 4.69) is 11.1 Å². The number of para-hydroxylation sites is 1. The molecule has 2 aromatic rings. The lowest BCUT2D eigenvalue weighted by molar-refractivity contribution is -0.121. The van der Waals surface area contributed by atoms with E-state index in [1.165, 1.54) is 0 Å². The molecule has 0 radical (unpaired) electrons. The summed E-state index contributed by atoms with van der Waals surface area (Å²) < 4.78 is 0. The first-order valence-corrected chi connectivity index (χ1v) is 6.26. The largest absolute Gasteiger partial charge is 0.361 e. The highest BCUT2D eigenvalue weighted by atomic mass is 16.1. The van der Waals surface area contributed by atoms with Gasteiger partial charge in [0.15, 0.2) is 0 Å². The number of fused-ring (bicyclic) bond motifs is 1. The number of nitrogens with one attached hydrogen (secondary N) is 1. The van der Waals surface area contributed by atoms with Gasteiger partial charge >= 0.3 is 0 Å². The first kappa shape index (κ1) is 13.5. The summed E-state index contributed by atoms with van der Waals surface area (Å²) in [4.78, 5) is 14.8. The van der Waals surface area contributed by atoms with E-state index in [9.17, 15) is 4.79 Å². The number of aromatic nitrogens is 1. The smallest absolute Gasteiger partial charge is 0.139 e. The predicted molar refractivity (Wildman–Crippen MR) is 73.2 cm³/mol. The number of benzene rings is 1. The Balaban J connectivity index is 0.000000686. The van der Waals surface area contributed by atoms with Crippen LogP contribution >= 0.6 is 0 Å². The highest BCUT2D eigenvalue weighted by Gasteiger charge is 2.11. The summed E-state index contributed by atoms with van der Waals surface area (Å²) in [6.07, 6.45) is 2.46. The fourth-order valence-electron chi connectivity index (χ4n) is 1.67. The van der Waals surface area contributed by atoms with E-state index in [1.54, 1.807) is 0 Å². The second-order valence-electron chi connectivity index (χ2n) is 4.16. The minimum absolute atomic E-state index is 0.110. The van der Waals surface area contributed by atoms with Crippen molar-refractivity contribution in [2.75, 3.05) is 0 Å². The molecule has 0 saturated carbocycles. The molecule has 0 aliphatic heterocycles. The van der Waals surface area contributed by atoms with Gasteiger partial charge in [-0.3, -0.25) is 4.79 Å². The number of hydrogen-bond acceptors (Lipinski definition) is 1. The SMILES string of the molecule is CC.CC(C)C(=O)Cc1c[nH]c2ccccc12. The molecule has 0 saturated heterocycles. The van der Waals surface area contributed by atoms with E-state index in [1.807, 2.05) is 52.1 Å². The zero-order chi connectivity index (χ0) is 12.8. The topological polar surface area (TPSA) is 32.9 Å². The number of aromatic amines is 1. The van der Waals surface area contributed by atoms with Crippen LogP contribution in [-0.4, -0.2) is 10.8 Å². The summed E-state index contributed by atoms with van der Waals surface area (Å²) in [7, 11) is 0. The van der Waals surface area contributed by atoms with E-state index < -0.39 is 0 Å². The normalized spacial score (nSPS) is 10.2. The summed E-state index contributed by atoms with van der Waals surface area (Å²) in [6.45, 7) is 7.88. The number of Topliss-reactive ketones (excluding diaryl/α,β-unsaturated/α-hetero) is 1. The Bertz CT molecular complexity index is 482. The molecule has 1 aromatic carbocycles. The van der Waals surface area contributed by atoms with Crippen LogP contribution in [0.3, 0.4) is 0 Å². The first-order valence-electron chi connectivity index (χ1n) is 6.26. The maximum Gasteiger partial charge on any atom is 0.139 e. The predicted octanol–water partition coefficient (Wildman–Crippen LogP) is 3.96. The molecule has 2 heteroatoms. The fourth-order valence-corrected chi connectivity index (χ4v) is 1.67. The zero-order valence-corrected chi connectivity index (χ0v) is 11.1. The average Bonchev–Trinajstić information content (AvgIpc) is 2.75. The second-order valence-corrected chi connectivity index (χ2v) is 4.16. The molecule has 0 bridgehead atoms. The monoisotopic (exact) mass is 231 g/mol. The molecular formula is C15H21NO. The van der Waals surface area contributed by atoms with Crippen LogP contribution in [0, 0.1) is 5.92 Å². The molecule has 0 fully saturated rings. The lowest BCUT2D eigenvalue weighted by atomic mass is 10.0. The van der Waals surface area contributed by atoms with E-state index in [-0.39, 0.29) is 5.92 Å². The summed E-state index contributed by atoms with van der Waals surface area (Å²) in [5.41, 5.74) is 2.20. The number of H-pyrrole nitrogens is 1. The van der Waals surface area contributed by atoms with E-state index in [4.69, 9.17) is 0 Å². The average molecular weight is 231 g/mol. The van der Waals surface area contributed by atoms with Gasteiger partial charge in [0.25, 0.3) is 0 Å². The van der Waals surface area contributed by atoms with E-state index >= 15 is 0 Å². The van der Waals surface area contributed by atoms with Crippen molar-refractivity contribution in [2.45, 2.75) is 34.1 Å². The standard InChI is InChI=1S/C13H15NO.C2H6/c1-9(2)13(15)7-10-8-14-12-6-4-3-5-11(10)12;1-2/h3-6,8-9,14H,7H2,1-2H3;1-2H3.